The first-order valence-electron chi connectivity index (χ1n) is 23.0. The number of rotatable bonds is 32. The summed E-state index contributed by atoms with van der Waals surface area (Å²) < 4.78 is 31.1. The first kappa shape index (κ1) is 50.0. The van der Waals surface area contributed by atoms with Crippen LogP contribution in [0.2, 0.25) is 0 Å². The van der Waals surface area contributed by atoms with Gasteiger partial charge in [0, 0.05) is 35.3 Å². The van der Waals surface area contributed by atoms with E-state index in [1.54, 1.807) is 32.4 Å². The van der Waals surface area contributed by atoms with Crippen molar-refractivity contribution in [3.63, 3.8) is 0 Å². The Labute approximate surface area is 371 Å². The lowest BCUT2D eigenvalue weighted by Crippen LogP contribution is -2.48. The van der Waals surface area contributed by atoms with Crippen molar-refractivity contribution in [1.82, 2.24) is 15.7 Å². The molecule has 4 aromatic rings. The largest absolute Gasteiger partial charge is 0.497 e. The summed E-state index contributed by atoms with van der Waals surface area (Å²) in [4.78, 5) is 26.8. The van der Waals surface area contributed by atoms with Gasteiger partial charge in [-0.25, -0.2) is 0 Å². The average Bonchev–Trinajstić information content (AvgIpc) is 3.31. The zero-order valence-corrected chi connectivity index (χ0v) is 38.5. The van der Waals surface area contributed by atoms with Crippen molar-refractivity contribution < 1.29 is 28.4 Å². The van der Waals surface area contributed by atoms with Crippen molar-refractivity contribution in [2.75, 3.05) is 33.9 Å². The van der Waals surface area contributed by atoms with Crippen LogP contribution in [0.3, 0.4) is 0 Å². The van der Waals surface area contributed by atoms with Crippen LogP contribution in [-0.2, 0) is 14.2 Å². The molecule has 0 aliphatic rings. The molecule has 62 heavy (non-hydrogen) atoms. The second-order valence-corrected chi connectivity index (χ2v) is 18.7. The second-order valence-electron chi connectivity index (χ2n) is 16.1. The summed E-state index contributed by atoms with van der Waals surface area (Å²) in [6.07, 6.45) is 19.5. The highest BCUT2D eigenvalue weighted by atomic mass is 31.2. The summed E-state index contributed by atoms with van der Waals surface area (Å²) >= 11 is 0. The van der Waals surface area contributed by atoms with Gasteiger partial charge in [-0.2, -0.15) is 0 Å². The third-order valence-corrected chi connectivity index (χ3v) is 14.1. The van der Waals surface area contributed by atoms with Gasteiger partial charge in [0.2, 0.25) is 13.2 Å². The number of amides is 2. The predicted molar refractivity (Wildman–Crippen MR) is 254 cm³/mol. The Morgan fingerprint density at radius 3 is 1.71 bits per heavy atom. The van der Waals surface area contributed by atoms with E-state index in [1.807, 2.05) is 84.9 Å². The summed E-state index contributed by atoms with van der Waals surface area (Å²) in [6.45, 7) is 3.06. The van der Waals surface area contributed by atoms with Gasteiger partial charge in [0.05, 0.1) is 20.3 Å². The number of methoxy groups -OCH3 is 2. The highest BCUT2D eigenvalue weighted by molar-refractivity contribution is 7.76. The summed E-state index contributed by atoms with van der Waals surface area (Å²) in [5.74, 6) is 1.22. The monoisotopic (exact) mass is 869 g/mol. The van der Waals surface area contributed by atoms with Gasteiger partial charge in [-0.3, -0.25) is 19.2 Å². The molecule has 4 aromatic carbocycles. The summed E-state index contributed by atoms with van der Waals surface area (Å²) in [5, 5.41) is 10.8. The lowest BCUT2D eigenvalue weighted by molar-refractivity contribution is -0.130. The Morgan fingerprint density at radius 1 is 0.629 bits per heavy atom. The normalized spacial score (nSPS) is 12.3. The molecule has 11 heteroatoms. The van der Waals surface area contributed by atoms with Crippen molar-refractivity contribution in [3.05, 3.63) is 114 Å². The van der Waals surface area contributed by atoms with Gasteiger partial charge in [0.25, 0.3) is 5.91 Å². The van der Waals surface area contributed by atoms with E-state index in [-0.39, 0.29) is 18.4 Å². The highest BCUT2D eigenvalue weighted by Gasteiger charge is 2.27. The first-order valence-corrected chi connectivity index (χ1v) is 24.7. The molecule has 2 atom stereocenters. The van der Waals surface area contributed by atoms with Crippen LogP contribution in [0, 0.1) is 0 Å². The minimum absolute atomic E-state index is 0.201. The van der Waals surface area contributed by atoms with Crippen molar-refractivity contribution >= 4 is 29.7 Å². The lowest BCUT2D eigenvalue weighted by atomic mass is 9.98. The number of benzene rings is 4. The van der Waals surface area contributed by atoms with Crippen LogP contribution in [-0.4, -0.2) is 51.8 Å². The van der Waals surface area contributed by atoms with Gasteiger partial charge in [-0.05, 0) is 79.8 Å². The van der Waals surface area contributed by atoms with E-state index >= 15 is 0 Å². The van der Waals surface area contributed by atoms with Crippen LogP contribution >= 0.6 is 7.29 Å². The molecule has 0 heterocycles. The Bertz CT molecular complexity index is 1850. The van der Waals surface area contributed by atoms with Crippen LogP contribution in [0.1, 0.15) is 133 Å². The maximum atomic E-state index is 14.4. The first-order chi connectivity index (χ1) is 30.3. The fourth-order valence-electron chi connectivity index (χ4n) is 7.65. The topological polar surface area (TPSA) is 141 Å². The lowest BCUT2D eigenvalue weighted by Gasteiger charge is -2.21. The van der Waals surface area contributed by atoms with E-state index in [9.17, 15) is 14.2 Å². The zero-order chi connectivity index (χ0) is 44.3. The second kappa shape index (κ2) is 28.9. The molecular weight excluding hydrogens is 796 g/mol. The van der Waals surface area contributed by atoms with Crippen LogP contribution < -0.4 is 46.3 Å². The summed E-state index contributed by atoms with van der Waals surface area (Å²) in [7, 11) is 0.123. The fraction of sp³-hybridized carbons (Fsp3) is 0.490. The number of nitrogens with one attached hydrogen (secondary N) is 3. The SMILES string of the molecule is CCCCCCCCCCCCCCCCNC(=O)[C@H](CCCCNP(=O)(c1ccccc1)c1ccccc1)NC(=O)COc1ccc(C(N)c2ccc(OC)cc2OC)cc1. The molecule has 0 saturated carbocycles. The van der Waals surface area contributed by atoms with E-state index in [1.165, 1.54) is 70.6 Å². The van der Waals surface area contributed by atoms with Crippen molar-refractivity contribution in [1.29, 1.82) is 0 Å². The minimum atomic E-state index is -3.07. The number of hydrogen-bond acceptors (Lipinski definition) is 7. The van der Waals surface area contributed by atoms with Gasteiger partial charge in [-0.1, -0.05) is 139 Å². The van der Waals surface area contributed by atoms with Gasteiger partial charge in [-0.15, -0.1) is 0 Å². The molecule has 0 aromatic heterocycles. The Morgan fingerprint density at radius 2 is 1.16 bits per heavy atom. The van der Waals surface area contributed by atoms with E-state index in [2.05, 4.69) is 22.6 Å². The summed E-state index contributed by atoms with van der Waals surface area (Å²) in [6, 6.07) is 30.6. The smallest absolute Gasteiger partial charge is 0.258 e. The molecule has 338 valence electrons. The maximum Gasteiger partial charge on any atom is 0.258 e. The van der Waals surface area contributed by atoms with Crippen LogP contribution in [0.5, 0.6) is 17.2 Å². The molecule has 0 aliphatic carbocycles. The van der Waals surface area contributed by atoms with E-state index in [0.29, 0.717) is 49.6 Å². The van der Waals surface area contributed by atoms with Crippen molar-refractivity contribution in [2.45, 2.75) is 128 Å². The standard InChI is InChI=1S/C51H73N4O6P/c1-4-5-6-7-8-9-10-11-12-13-14-15-16-24-37-53-51(57)47(30-23-25-38-54-62(58,44-26-19-17-20-27-44)45-28-21-18-22-29-45)55-49(56)40-61-42-33-31-41(32-34-42)50(52)46-36-35-43(59-2)39-48(46)60-3/h17-22,26-29,31-36,39,47,50H,4-16,23-25,30,37-38,40,52H2,1-3H3,(H,53,57)(H,54,58)(H,55,56)/t47-,50?/m0/s1. The number of unbranched alkanes of at least 4 members (excludes halogenated alkanes) is 14. The Hall–Kier alpha value is -4.63. The molecule has 0 saturated heterocycles. The molecule has 0 radical (unpaired) electrons. The predicted octanol–water partition coefficient (Wildman–Crippen LogP) is 9.90. The van der Waals surface area contributed by atoms with Crippen LogP contribution in [0.25, 0.3) is 0 Å². The van der Waals surface area contributed by atoms with Gasteiger partial charge < -0.3 is 30.6 Å². The van der Waals surface area contributed by atoms with Gasteiger partial charge >= 0.3 is 0 Å². The van der Waals surface area contributed by atoms with E-state index in [4.69, 9.17) is 19.9 Å². The molecule has 4 rings (SSSR count). The molecule has 1 unspecified atom stereocenters. The van der Waals surface area contributed by atoms with E-state index < -0.39 is 19.4 Å². The average molecular weight is 869 g/mol. The molecular formula is C51H73N4O6P. The fourth-order valence-corrected chi connectivity index (χ4v) is 9.97. The zero-order valence-electron chi connectivity index (χ0n) is 37.6. The quantitative estimate of drug-likeness (QED) is 0.0281. The van der Waals surface area contributed by atoms with Crippen molar-refractivity contribution in [3.8, 4) is 17.2 Å². The third kappa shape index (κ3) is 17.3. The third-order valence-electron chi connectivity index (χ3n) is 11.4. The molecule has 10 nitrogen and oxygen atoms in total. The highest BCUT2D eigenvalue weighted by Crippen LogP contribution is 2.38. The minimum Gasteiger partial charge on any atom is -0.497 e. The molecule has 5 N–H and O–H groups in total. The Balaban J connectivity index is 1.25. The molecule has 0 bridgehead atoms. The molecule has 0 spiro atoms. The molecule has 2 amide bonds. The van der Waals surface area contributed by atoms with Crippen LogP contribution in [0.4, 0.5) is 0 Å². The number of hydrogen-bond donors (Lipinski definition) is 4. The molecule has 0 aliphatic heterocycles. The summed E-state index contributed by atoms with van der Waals surface area (Å²) in [5.41, 5.74) is 8.25. The van der Waals surface area contributed by atoms with E-state index in [0.717, 1.165) is 41.0 Å². The number of carbonyl (C=O) groups excluding carboxylic acids is 2. The molecule has 0 fully saturated rings. The Kier molecular flexibility index (Phi) is 23.3. The maximum absolute atomic E-state index is 14.4. The van der Waals surface area contributed by atoms with Gasteiger partial charge in [0.1, 0.15) is 23.3 Å². The number of nitrogens with two attached hydrogens (primary N) is 1. The van der Waals surface area contributed by atoms with Crippen molar-refractivity contribution in [2.24, 2.45) is 5.73 Å². The number of ether oxygens (including phenoxy) is 3. The van der Waals surface area contributed by atoms with Gasteiger partial charge in [0.15, 0.2) is 6.61 Å². The number of carbonyl (C=O) groups is 2. The van der Waals surface area contributed by atoms with Crippen LogP contribution in [0.15, 0.2) is 103 Å².